The Morgan fingerprint density at radius 3 is 2.73 bits per heavy atom. The molecule has 0 aromatic carbocycles. The van der Waals surface area contributed by atoms with Crippen LogP contribution in [0.25, 0.3) is 0 Å². The monoisotopic (exact) mass is 325 g/mol. The van der Waals surface area contributed by atoms with Crippen LogP contribution >= 0.6 is 11.8 Å². The predicted octanol–water partition coefficient (Wildman–Crippen LogP) is 2.79. The lowest BCUT2D eigenvalue weighted by Crippen LogP contribution is -2.31. The van der Waals surface area contributed by atoms with Gasteiger partial charge >= 0.3 is 0 Å². The molecule has 0 bridgehead atoms. The van der Waals surface area contributed by atoms with Crippen LogP contribution in [-0.4, -0.2) is 45.4 Å². The summed E-state index contributed by atoms with van der Waals surface area (Å²) in [5.41, 5.74) is 0.234. The topological polar surface area (TPSA) is 69.2 Å². The molecule has 1 saturated heterocycles. The molecule has 124 valence electrons. The number of thioether (sulfide) groups is 1. The van der Waals surface area contributed by atoms with E-state index < -0.39 is 0 Å². The molecular formula is C16H27N3O2S. The van der Waals surface area contributed by atoms with E-state index in [0.29, 0.717) is 17.1 Å². The van der Waals surface area contributed by atoms with Crippen molar-refractivity contribution in [1.29, 1.82) is 0 Å². The van der Waals surface area contributed by atoms with Crippen LogP contribution in [0.1, 0.15) is 51.0 Å². The smallest absolute Gasteiger partial charge is 0.258 e. The van der Waals surface area contributed by atoms with Crippen molar-refractivity contribution in [2.24, 2.45) is 0 Å². The molecular weight excluding hydrogens is 298 g/mol. The van der Waals surface area contributed by atoms with E-state index in [1.54, 1.807) is 0 Å². The number of unbranched alkanes of at least 4 members (excludes halogenated alkanes) is 2. The standard InChI is InChI=1S/C16H27N3O2S/c1-2-3-5-8-13-14(20)17-16(18-15(13)21)22-12-11-19-9-6-4-7-10-19/h2-12H2,1H3,(H2,17,18,20,21). The highest BCUT2D eigenvalue weighted by molar-refractivity contribution is 7.99. The molecule has 5 nitrogen and oxygen atoms in total. The molecule has 0 radical (unpaired) electrons. The molecule has 0 atom stereocenters. The number of piperidine rings is 1. The molecule has 0 unspecified atom stereocenters. The number of likely N-dealkylation sites (tertiary alicyclic amines) is 1. The van der Waals surface area contributed by atoms with Gasteiger partial charge in [0.1, 0.15) is 0 Å². The average molecular weight is 325 g/mol. The maximum atomic E-state index is 12.0. The first kappa shape index (κ1) is 17.3. The van der Waals surface area contributed by atoms with Crippen molar-refractivity contribution < 1.29 is 5.11 Å². The lowest BCUT2D eigenvalue weighted by molar-refractivity contribution is 0.242. The van der Waals surface area contributed by atoms with Crippen LogP contribution < -0.4 is 5.56 Å². The minimum atomic E-state index is -0.191. The van der Waals surface area contributed by atoms with E-state index in [9.17, 15) is 9.90 Å². The van der Waals surface area contributed by atoms with Gasteiger partial charge in [-0.3, -0.25) is 4.79 Å². The molecule has 2 N–H and O–H groups in total. The number of aromatic nitrogens is 2. The maximum absolute atomic E-state index is 12.0. The SMILES string of the molecule is CCCCCc1c(O)nc(SCCN2CCCCC2)[nH]c1=O. The van der Waals surface area contributed by atoms with Gasteiger partial charge in [0.25, 0.3) is 5.56 Å². The van der Waals surface area contributed by atoms with Gasteiger partial charge in [-0.05, 0) is 38.8 Å². The molecule has 6 heteroatoms. The predicted molar refractivity (Wildman–Crippen MR) is 90.8 cm³/mol. The minimum Gasteiger partial charge on any atom is -0.493 e. The molecule has 1 fully saturated rings. The fourth-order valence-electron chi connectivity index (χ4n) is 2.77. The van der Waals surface area contributed by atoms with Gasteiger partial charge in [-0.2, -0.15) is 4.98 Å². The zero-order valence-electron chi connectivity index (χ0n) is 13.4. The third-order valence-electron chi connectivity index (χ3n) is 4.10. The van der Waals surface area contributed by atoms with Gasteiger partial charge in [-0.15, -0.1) is 0 Å². The van der Waals surface area contributed by atoms with Gasteiger partial charge < -0.3 is 15.0 Å². The number of hydrogen-bond acceptors (Lipinski definition) is 5. The molecule has 2 rings (SSSR count). The first-order valence-corrected chi connectivity index (χ1v) is 9.36. The van der Waals surface area contributed by atoms with E-state index in [4.69, 9.17) is 0 Å². The molecule has 0 aliphatic carbocycles. The zero-order chi connectivity index (χ0) is 15.8. The van der Waals surface area contributed by atoms with Crippen molar-refractivity contribution >= 4 is 11.8 Å². The third-order valence-corrected chi connectivity index (χ3v) is 4.95. The van der Waals surface area contributed by atoms with Gasteiger partial charge in [0, 0.05) is 12.3 Å². The summed E-state index contributed by atoms with van der Waals surface area (Å²) in [7, 11) is 0. The Labute approximate surface area is 136 Å². The number of aromatic hydroxyl groups is 1. The lowest BCUT2D eigenvalue weighted by atomic mass is 10.1. The Balaban J connectivity index is 1.85. The second-order valence-electron chi connectivity index (χ2n) is 5.88. The molecule has 0 saturated carbocycles. The Morgan fingerprint density at radius 2 is 2.05 bits per heavy atom. The van der Waals surface area contributed by atoms with E-state index in [2.05, 4.69) is 21.8 Å². The van der Waals surface area contributed by atoms with Crippen LogP contribution in [0.15, 0.2) is 9.95 Å². The normalized spacial score (nSPS) is 16.0. The number of aromatic amines is 1. The van der Waals surface area contributed by atoms with Crippen LogP contribution in [0.2, 0.25) is 0 Å². The summed E-state index contributed by atoms with van der Waals surface area (Å²) in [4.78, 5) is 21.4. The molecule has 0 amide bonds. The number of H-pyrrole nitrogens is 1. The summed E-state index contributed by atoms with van der Waals surface area (Å²) in [6, 6.07) is 0. The van der Waals surface area contributed by atoms with Crippen LogP contribution in [0.3, 0.4) is 0 Å². The van der Waals surface area contributed by atoms with Gasteiger partial charge in [0.15, 0.2) is 5.16 Å². The van der Waals surface area contributed by atoms with Crippen LogP contribution in [0.4, 0.5) is 0 Å². The van der Waals surface area contributed by atoms with Gasteiger partial charge in [0.2, 0.25) is 5.88 Å². The van der Waals surface area contributed by atoms with E-state index in [1.807, 2.05) is 0 Å². The van der Waals surface area contributed by atoms with Crippen molar-refractivity contribution in [2.45, 2.75) is 57.0 Å². The van der Waals surface area contributed by atoms with E-state index in [0.717, 1.165) is 31.6 Å². The number of nitrogens with one attached hydrogen (secondary N) is 1. The van der Waals surface area contributed by atoms with Crippen molar-refractivity contribution in [2.75, 3.05) is 25.4 Å². The van der Waals surface area contributed by atoms with Crippen LogP contribution in [0, 0.1) is 0 Å². The summed E-state index contributed by atoms with van der Waals surface area (Å²) < 4.78 is 0. The summed E-state index contributed by atoms with van der Waals surface area (Å²) in [5.74, 6) is 0.790. The minimum absolute atomic E-state index is 0.0969. The van der Waals surface area contributed by atoms with Crippen molar-refractivity contribution in [3.05, 3.63) is 15.9 Å². The number of nitrogens with zero attached hydrogens (tertiary/aromatic N) is 2. The highest BCUT2D eigenvalue weighted by Gasteiger charge is 2.12. The molecule has 2 heterocycles. The largest absolute Gasteiger partial charge is 0.493 e. The lowest BCUT2D eigenvalue weighted by Gasteiger charge is -2.25. The third kappa shape index (κ3) is 5.32. The van der Waals surface area contributed by atoms with Crippen molar-refractivity contribution in [3.8, 4) is 5.88 Å². The summed E-state index contributed by atoms with van der Waals surface area (Å²) in [6.07, 6.45) is 7.57. The zero-order valence-corrected chi connectivity index (χ0v) is 14.3. The summed E-state index contributed by atoms with van der Waals surface area (Å²) in [6.45, 7) is 5.47. The Kier molecular flexibility index (Phi) is 7.25. The summed E-state index contributed by atoms with van der Waals surface area (Å²) >= 11 is 1.51. The molecule has 1 aliphatic rings. The highest BCUT2D eigenvalue weighted by Crippen LogP contribution is 2.18. The van der Waals surface area contributed by atoms with Crippen molar-refractivity contribution in [1.82, 2.24) is 14.9 Å². The Morgan fingerprint density at radius 1 is 1.27 bits per heavy atom. The van der Waals surface area contributed by atoms with Gasteiger partial charge in [-0.1, -0.05) is 37.9 Å². The average Bonchev–Trinajstić information content (AvgIpc) is 2.51. The van der Waals surface area contributed by atoms with Crippen LogP contribution in [-0.2, 0) is 6.42 Å². The second kappa shape index (κ2) is 9.20. The quantitative estimate of drug-likeness (QED) is 0.437. The van der Waals surface area contributed by atoms with Crippen molar-refractivity contribution in [3.63, 3.8) is 0 Å². The maximum Gasteiger partial charge on any atom is 0.258 e. The molecule has 1 aliphatic heterocycles. The second-order valence-corrected chi connectivity index (χ2v) is 6.96. The number of rotatable bonds is 8. The van der Waals surface area contributed by atoms with Gasteiger partial charge in [0.05, 0.1) is 5.56 Å². The first-order chi connectivity index (χ1) is 10.7. The number of hydrogen-bond donors (Lipinski definition) is 2. The van der Waals surface area contributed by atoms with Gasteiger partial charge in [-0.25, -0.2) is 0 Å². The molecule has 0 spiro atoms. The molecule has 22 heavy (non-hydrogen) atoms. The fourth-order valence-corrected chi connectivity index (χ4v) is 3.62. The molecule has 1 aromatic rings. The first-order valence-electron chi connectivity index (χ1n) is 8.38. The fraction of sp³-hybridized carbons (Fsp3) is 0.750. The van der Waals surface area contributed by atoms with E-state index in [1.165, 1.54) is 44.1 Å². The summed E-state index contributed by atoms with van der Waals surface area (Å²) in [5, 5.41) is 10.5. The van der Waals surface area contributed by atoms with E-state index >= 15 is 0 Å². The highest BCUT2D eigenvalue weighted by atomic mass is 32.2. The van der Waals surface area contributed by atoms with Crippen LogP contribution in [0.5, 0.6) is 5.88 Å². The van der Waals surface area contributed by atoms with E-state index in [-0.39, 0.29) is 11.4 Å². The molecule has 1 aromatic heterocycles. The Bertz CT molecular complexity index is 513. The Hall–Kier alpha value is -1.01.